The van der Waals surface area contributed by atoms with Crippen molar-refractivity contribution in [3.63, 3.8) is 0 Å². The van der Waals surface area contributed by atoms with Gasteiger partial charge in [0, 0.05) is 34.9 Å². The Morgan fingerprint density at radius 3 is 2.37 bits per heavy atom. The van der Waals surface area contributed by atoms with Crippen LogP contribution in [-0.2, 0) is 0 Å². The third kappa shape index (κ3) is 3.57. The SMILES string of the molecule is Cc1ccc(C(C(C)N)N2CCC(N(C)C)CC2)s1. The first kappa shape index (κ1) is 15.0. The Balaban J connectivity index is 2.05. The van der Waals surface area contributed by atoms with Crippen molar-refractivity contribution in [3.05, 3.63) is 21.9 Å². The summed E-state index contributed by atoms with van der Waals surface area (Å²) >= 11 is 1.89. The van der Waals surface area contributed by atoms with Crippen molar-refractivity contribution in [1.29, 1.82) is 0 Å². The summed E-state index contributed by atoms with van der Waals surface area (Å²) in [5.74, 6) is 0. The second kappa shape index (κ2) is 6.35. The fourth-order valence-corrected chi connectivity index (χ4v) is 4.19. The molecule has 1 saturated heterocycles. The summed E-state index contributed by atoms with van der Waals surface area (Å²) in [6.07, 6.45) is 2.50. The predicted octanol–water partition coefficient (Wildman–Crippen LogP) is 2.47. The average molecular weight is 281 g/mol. The zero-order valence-corrected chi connectivity index (χ0v) is 13.4. The maximum absolute atomic E-state index is 6.26. The van der Waals surface area contributed by atoms with Gasteiger partial charge in [0.2, 0.25) is 0 Å². The van der Waals surface area contributed by atoms with Gasteiger partial charge >= 0.3 is 0 Å². The van der Waals surface area contributed by atoms with E-state index in [4.69, 9.17) is 5.73 Å². The van der Waals surface area contributed by atoms with Crippen LogP contribution in [0, 0.1) is 6.92 Å². The molecule has 2 unspecified atom stereocenters. The first-order chi connectivity index (χ1) is 8.99. The lowest BCUT2D eigenvalue weighted by molar-refractivity contribution is 0.0998. The first-order valence-electron chi connectivity index (χ1n) is 7.21. The fraction of sp³-hybridized carbons (Fsp3) is 0.733. The van der Waals surface area contributed by atoms with E-state index in [1.807, 2.05) is 11.3 Å². The molecule has 0 aliphatic carbocycles. The summed E-state index contributed by atoms with van der Waals surface area (Å²) in [6.45, 7) is 6.63. The van der Waals surface area contributed by atoms with Gasteiger partial charge in [-0.25, -0.2) is 0 Å². The standard InChI is InChI=1S/C15H27N3S/c1-11-5-6-14(19-11)15(12(2)16)18-9-7-13(8-10-18)17(3)4/h5-6,12-13,15H,7-10,16H2,1-4H3. The molecule has 0 spiro atoms. The molecule has 0 aromatic carbocycles. The third-order valence-electron chi connectivity index (χ3n) is 4.17. The number of nitrogens with two attached hydrogens (primary N) is 1. The van der Waals surface area contributed by atoms with Gasteiger partial charge in [0.05, 0.1) is 6.04 Å². The van der Waals surface area contributed by atoms with Crippen molar-refractivity contribution in [1.82, 2.24) is 9.80 Å². The summed E-state index contributed by atoms with van der Waals surface area (Å²) in [6, 6.07) is 5.78. The minimum absolute atomic E-state index is 0.189. The molecule has 1 aromatic rings. The van der Waals surface area contributed by atoms with Crippen molar-refractivity contribution in [2.75, 3.05) is 27.2 Å². The van der Waals surface area contributed by atoms with Crippen molar-refractivity contribution in [3.8, 4) is 0 Å². The zero-order valence-electron chi connectivity index (χ0n) is 12.6. The quantitative estimate of drug-likeness (QED) is 0.920. The molecule has 2 atom stereocenters. The Kier molecular flexibility index (Phi) is 5.01. The number of hydrogen-bond acceptors (Lipinski definition) is 4. The van der Waals surface area contributed by atoms with Crippen molar-refractivity contribution < 1.29 is 0 Å². The molecule has 1 aromatic heterocycles. The second-order valence-electron chi connectivity index (χ2n) is 5.98. The summed E-state index contributed by atoms with van der Waals surface area (Å²) in [5, 5.41) is 0. The van der Waals surface area contributed by atoms with Crippen LogP contribution in [0.5, 0.6) is 0 Å². The van der Waals surface area contributed by atoms with Crippen LogP contribution < -0.4 is 5.73 Å². The molecular formula is C15H27N3S. The van der Waals surface area contributed by atoms with E-state index >= 15 is 0 Å². The van der Waals surface area contributed by atoms with E-state index in [1.54, 1.807) is 0 Å². The van der Waals surface area contributed by atoms with E-state index in [9.17, 15) is 0 Å². The summed E-state index contributed by atoms with van der Waals surface area (Å²) in [4.78, 5) is 7.74. The Morgan fingerprint density at radius 1 is 1.32 bits per heavy atom. The average Bonchev–Trinajstić information content (AvgIpc) is 2.76. The molecule has 108 valence electrons. The highest BCUT2D eigenvalue weighted by atomic mass is 32.1. The van der Waals surface area contributed by atoms with E-state index < -0.39 is 0 Å². The molecule has 0 saturated carbocycles. The minimum atomic E-state index is 0.189. The Bertz CT molecular complexity index is 392. The van der Waals surface area contributed by atoms with E-state index in [0.29, 0.717) is 6.04 Å². The van der Waals surface area contributed by atoms with Crippen LogP contribution in [0.2, 0.25) is 0 Å². The molecule has 2 rings (SSSR count). The number of piperidine rings is 1. The molecule has 0 bridgehead atoms. The van der Waals surface area contributed by atoms with Crippen LogP contribution in [0.25, 0.3) is 0 Å². The largest absolute Gasteiger partial charge is 0.326 e. The van der Waals surface area contributed by atoms with Crippen molar-refractivity contribution in [2.24, 2.45) is 5.73 Å². The number of hydrogen-bond donors (Lipinski definition) is 1. The summed E-state index contributed by atoms with van der Waals surface area (Å²) < 4.78 is 0. The molecule has 2 N–H and O–H groups in total. The highest BCUT2D eigenvalue weighted by Crippen LogP contribution is 2.32. The van der Waals surface area contributed by atoms with Crippen LogP contribution in [0.3, 0.4) is 0 Å². The highest BCUT2D eigenvalue weighted by molar-refractivity contribution is 7.12. The maximum atomic E-state index is 6.26. The third-order valence-corrected chi connectivity index (χ3v) is 5.24. The number of aryl methyl sites for hydroxylation is 1. The van der Waals surface area contributed by atoms with Gasteiger partial charge in [0.25, 0.3) is 0 Å². The number of likely N-dealkylation sites (tertiary alicyclic amines) is 1. The molecular weight excluding hydrogens is 254 g/mol. The Morgan fingerprint density at radius 2 is 1.95 bits per heavy atom. The van der Waals surface area contributed by atoms with Gasteiger partial charge in [-0.15, -0.1) is 11.3 Å². The minimum Gasteiger partial charge on any atom is -0.326 e. The molecule has 4 heteroatoms. The van der Waals surface area contributed by atoms with Crippen LogP contribution in [0.15, 0.2) is 12.1 Å². The molecule has 19 heavy (non-hydrogen) atoms. The van der Waals surface area contributed by atoms with Gasteiger partial charge in [0.1, 0.15) is 0 Å². The van der Waals surface area contributed by atoms with Gasteiger partial charge in [-0.05, 0) is 52.9 Å². The number of nitrogens with zero attached hydrogens (tertiary/aromatic N) is 2. The number of thiophene rings is 1. The van der Waals surface area contributed by atoms with Crippen LogP contribution in [0.1, 0.15) is 35.6 Å². The second-order valence-corrected chi connectivity index (χ2v) is 7.30. The molecule has 1 aliphatic rings. The van der Waals surface area contributed by atoms with Gasteiger partial charge in [-0.1, -0.05) is 0 Å². The van der Waals surface area contributed by atoms with Gasteiger partial charge in [-0.3, -0.25) is 4.90 Å². The Hall–Kier alpha value is -0.420. The lowest BCUT2D eigenvalue weighted by Gasteiger charge is -2.40. The summed E-state index contributed by atoms with van der Waals surface area (Å²) in [5.41, 5.74) is 6.26. The molecule has 1 aliphatic heterocycles. The van der Waals surface area contributed by atoms with Gasteiger partial charge in [-0.2, -0.15) is 0 Å². The zero-order chi connectivity index (χ0) is 14.0. The van der Waals surface area contributed by atoms with Gasteiger partial charge in [0.15, 0.2) is 0 Å². The Labute approximate surface area is 121 Å². The molecule has 0 radical (unpaired) electrons. The van der Waals surface area contributed by atoms with Crippen LogP contribution in [0.4, 0.5) is 0 Å². The van der Waals surface area contributed by atoms with E-state index in [1.165, 1.54) is 22.6 Å². The van der Waals surface area contributed by atoms with E-state index in [0.717, 1.165) is 19.1 Å². The van der Waals surface area contributed by atoms with Crippen LogP contribution in [-0.4, -0.2) is 49.1 Å². The predicted molar refractivity (Wildman–Crippen MR) is 83.7 cm³/mol. The highest BCUT2D eigenvalue weighted by Gasteiger charge is 2.29. The topological polar surface area (TPSA) is 32.5 Å². The lowest BCUT2D eigenvalue weighted by atomic mass is 9.99. The van der Waals surface area contributed by atoms with E-state index in [-0.39, 0.29) is 6.04 Å². The van der Waals surface area contributed by atoms with Crippen LogP contribution >= 0.6 is 11.3 Å². The molecule has 1 fully saturated rings. The first-order valence-corrected chi connectivity index (χ1v) is 8.03. The lowest BCUT2D eigenvalue weighted by Crippen LogP contribution is -2.47. The summed E-state index contributed by atoms with van der Waals surface area (Å²) in [7, 11) is 4.37. The fourth-order valence-electron chi connectivity index (χ4n) is 3.06. The van der Waals surface area contributed by atoms with E-state index in [2.05, 4.69) is 49.9 Å². The molecule has 2 heterocycles. The molecule has 3 nitrogen and oxygen atoms in total. The van der Waals surface area contributed by atoms with Crippen molar-refractivity contribution >= 4 is 11.3 Å². The maximum Gasteiger partial charge on any atom is 0.0590 e. The smallest absolute Gasteiger partial charge is 0.0590 e. The van der Waals surface area contributed by atoms with Crippen molar-refractivity contribution in [2.45, 2.75) is 44.8 Å². The molecule has 0 amide bonds. The monoisotopic (exact) mass is 281 g/mol. The normalized spacial score (nSPS) is 21.8. The van der Waals surface area contributed by atoms with Gasteiger partial charge < -0.3 is 10.6 Å². The number of rotatable bonds is 4.